The van der Waals surface area contributed by atoms with E-state index in [1.165, 1.54) is 18.2 Å². The van der Waals surface area contributed by atoms with E-state index in [1.54, 1.807) is 12.1 Å². The van der Waals surface area contributed by atoms with E-state index in [2.05, 4.69) is 0 Å². The zero-order valence-electron chi connectivity index (χ0n) is 10.1. The van der Waals surface area contributed by atoms with Gasteiger partial charge in [0.2, 0.25) is 0 Å². The molecular weight excluding hydrogens is 251 g/mol. The highest BCUT2D eigenvalue weighted by molar-refractivity contribution is 6.35. The molecule has 0 heterocycles. The van der Waals surface area contributed by atoms with Gasteiger partial charge in [0, 0.05) is 11.1 Å². The van der Waals surface area contributed by atoms with Crippen LogP contribution in [0, 0.1) is 19.7 Å². The molecule has 0 unspecified atom stereocenters. The van der Waals surface area contributed by atoms with Crippen LogP contribution in [0.3, 0.4) is 0 Å². The third kappa shape index (κ3) is 2.29. The highest BCUT2D eigenvalue weighted by atomic mass is 35.5. The number of carbonyl (C=O) groups excluding carboxylic acids is 1. The summed E-state index contributed by atoms with van der Waals surface area (Å²) in [4.78, 5) is 12.2. The van der Waals surface area contributed by atoms with Gasteiger partial charge in [-0.25, -0.2) is 4.39 Å². The van der Waals surface area contributed by atoms with E-state index in [9.17, 15) is 9.18 Å². The first-order valence-electron chi connectivity index (χ1n) is 5.56. The van der Waals surface area contributed by atoms with Gasteiger partial charge < -0.3 is 0 Å². The average Bonchev–Trinajstić information content (AvgIpc) is 2.35. The average molecular weight is 263 g/mol. The van der Waals surface area contributed by atoms with E-state index >= 15 is 0 Å². The van der Waals surface area contributed by atoms with Gasteiger partial charge in [-0.05, 0) is 43.2 Å². The van der Waals surface area contributed by atoms with Crippen LogP contribution in [0.25, 0.3) is 0 Å². The topological polar surface area (TPSA) is 17.1 Å². The lowest BCUT2D eigenvalue weighted by Gasteiger charge is -2.06. The van der Waals surface area contributed by atoms with Crippen molar-refractivity contribution in [2.24, 2.45) is 0 Å². The van der Waals surface area contributed by atoms with Crippen LogP contribution in [0.1, 0.15) is 27.0 Å². The predicted octanol–water partition coefficient (Wildman–Crippen LogP) is 4.33. The molecule has 2 rings (SSSR count). The lowest BCUT2D eigenvalue weighted by Crippen LogP contribution is -2.04. The van der Waals surface area contributed by atoms with E-state index in [0.717, 1.165) is 11.1 Å². The number of aryl methyl sites for hydroxylation is 2. The lowest BCUT2D eigenvalue weighted by atomic mass is 9.99. The van der Waals surface area contributed by atoms with Crippen LogP contribution in [-0.2, 0) is 0 Å². The molecule has 2 aromatic rings. The van der Waals surface area contributed by atoms with E-state index < -0.39 is 5.82 Å². The fraction of sp³-hybridized carbons (Fsp3) is 0.133. The summed E-state index contributed by atoms with van der Waals surface area (Å²) in [6.07, 6.45) is 0. The van der Waals surface area contributed by atoms with Crippen LogP contribution >= 0.6 is 11.6 Å². The number of hydrogen-bond donors (Lipinski definition) is 0. The smallest absolute Gasteiger partial charge is 0.194 e. The van der Waals surface area contributed by atoms with Crippen LogP contribution in [0.5, 0.6) is 0 Å². The van der Waals surface area contributed by atoms with E-state index in [0.29, 0.717) is 5.56 Å². The number of carbonyl (C=O) groups is 1. The predicted molar refractivity (Wildman–Crippen MR) is 70.8 cm³/mol. The van der Waals surface area contributed by atoms with Crippen molar-refractivity contribution in [2.75, 3.05) is 0 Å². The molecule has 0 saturated heterocycles. The van der Waals surface area contributed by atoms with E-state index in [1.807, 2.05) is 19.9 Å². The Morgan fingerprint density at radius 3 is 2.50 bits per heavy atom. The molecule has 1 nitrogen and oxygen atoms in total. The minimum Gasteiger partial charge on any atom is -0.289 e. The Morgan fingerprint density at radius 1 is 1.11 bits per heavy atom. The molecule has 2 aromatic carbocycles. The summed E-state index contributed by atoms with van der Waals surface area (Å²) in [6.45, 7) is 3.90. The Balaban J connectivity index is 2.48. The van der Waals surface area contributed by atoms with Crippen LogP contribution in [-0.4, -0.2) is 5.78 Å². The van der Waals surface area contributed by atoms with Crippen molar-refractivity contribution in [2.45, 2.75) is 13.8 Å². The molecule has 0 fully saturated rings. The largest absolute Gasteiger partial charge is 0.289 e. The third-order valence-corrected chi connectivity index (χ3v) is 3.35. The van der Waals surface area contributed by atoms with Crippen molar-refractivity contribution >= 4 is 17.4 Å². The summed E-state index contributed by atoms with van der Waals surface area (Å²) >= 11 is 5.81. The maximum absolute atomic E-state index is 13.3. The number of hydrogen-bond acceptors (Lipinski definition) is 1. The van der Waals surface area contributed by atoms with Crippen molar-refractivity contribution in [1.82, 2.24) is 0 Å². The second-order valence-electron chi connectivity index (χ2n) is 4.23. The normalized spacial score (nSPS) is 10.4. The molecule has 0 aliphatic carbocycles. The second kappa shape index (κ2) is 4.91. The van der Waals surface area contributed by atoms with Gasteiger partial charge >= 0.3 is 0 Å². The van der Waals surface area contributed by atoms with E-state index in [4.69, 9.17) is 11.6 Å². The van der Waals surface area contributed by atoms with Crippen LogP contribution in [0.2, 0.25) is 5.02 Å². The maximum atomic E-state index is 13.3. The van der Waals surface area contributed by atoms with Crippen molar-refractivity contribution in [3.63, 3.8) is 0 Å². The van der Waals surface area contributed by atoms with Crippen LogP contribution in [0.4, 0.5) is 4.39 Å². The molecule has 0 aliphatic heterocycles. The standard InChI is InChI=1S/C15H12ClFO/c1-9-6-7-11(8-10(9)2)15(18)12-4-3-5-13(17)14(12)16/h3-8H,1-2H3. The van der Waals surface area contributed by atoms with Crippen molar-refractivity contribution < 1.29 is 9.18 Å². The first-order chi connectivity index (χ1) is 8.50. The van der Waals surface area contributed by atoms with Gasteiger partial charge in [0.05, 0.1) is 5.02 Å². The van der Waals surface area contributed by atoms with Gasteiger partial charge in [-0.2, -0.15) is 0 Å². The van der Waals surface area contributed by atoms with Gasteiger partial charge in [0.25, 0.3) is 0 Å². The Morgan fingerprint density at radius 2 is 1.83 bits per heavy atom. The Bertz CT molecular complexity index is 620. The fourth-order valence-corrected chi connectivity index (χ4v) is 1.93. The summed E-state index contributed by atoms with van der Waals surface area (Å²) in [7, 11) is 0. The monoisotopic (exact) mass is 262 g/mol. The summed E-state index contributed by atoms with van der Waals surface area (Å²) in [6, 6.07) is 9.64. The summed E-state index contributed by atoms with van der Waals surface area (Å²) < 4.78 is 13.3. The molecule has 3 heteroatoms. The quantitative estimate of drug-likeness (QED) is 0.737. The molecule has 0 radical (unpaired) electrons. The molecule has 0 atom stereocenters. The van der Waals surface area contributed by atoms with Gasteiger partial charge in [-0.1, -0.05) is 29.8 Å². The Hall–Kier alpha value is -1.67. The first-order valence-corrected chi connectivity index (χ1v) is 5.94. The first kappa shape index (κ1) is 12.8. The zero-order chi connectivity index (χ0) is 13.3. The van der Waals surface area contributed by atoms with Crippen LogP contribution in [0.15, 0.2) is 36.4 Å². The van der Waals surface area contributed by atoms with Gasteiger partial charge in [0.15, 0.2) is 5.78 Å². The fourth-order valence-electron chi connectivity index (χ4n) is 1.72. The van der Waals surface area contributed by atoms with Crippen molar-refractivity contribution in [3.8, 4) is 0 Å². The van der Waals surface area contributed by atoms with Gasteiger partial charge in [-0.3, -0.25) is 4.79 Å². The lowest BCUT2D eigenvalue weighted by molar-refractivity contribution is 0.103. The number of benzene rings is 2. The molecular formula is C15H12ClFO. The summed E-state index contributed by atoms with van der Waals surface area (Å²) in [5, 5.41) is -0.124. The van der Waals surface area contributed by atoms with Crippen molar-refractivity contribution in [1.29, 1.82) is 0 Å². The maximum Gasteiger partial charge on any atom is 0.194 e. The Kier molecular flexibility index (Phi) is 3.48. The SMILES string of the molecule is Cc1ccc(C(=O)c2cccc(F)c2Cl)cc1C. The zero-order valence-corrected chi connectivity index (χ0v) is 10.9. The Labute approximate surface area is 110 Å². The third-order valence-electron chi connectivity index (χ3n) is 2.97. The van der Waals surface area contributed by atoms with Gasteiger partial charge in [-0.15, -0.1) is 0 Å². The van der Waals surface area contributed by atoms with Gasteiger partial charge in [0.1, 0.15) is 5.82 Å². The summed E-state index contributed by atoms with van der Waals surface area (Å²) in [5.41, 5.74) is 2.84. The molecule has 18 heavy (non-hydrogen) atoms. The molecule has 92 valence electrons. The highest BCUT2D eigenvalue weighted by Crippen LogP contribution is 2.23. The molecule has 0 bridgehead atoms. The van der Waals surface area contributed by atoms with Crippen LogP contribution < -0.4 is 0 Å². The molecule has 0 saturated carbocycles. The molecule has 0 spiro atoms. The minimum absolute atomic E-state index is 0.124. The number of rotatable bonds is 2. The van der Waals surface area contributed by atoms with Crippen molar-refractivity contribution in [3.05, 3.63) is 69.5 Å². The second-order valence-corrected chi connectivity index (χ2v) is 4.61. The highest BCUT2D eigenvalue weighted by Gasteiger charge is 2.15. The molecule has 0 N–H and O–H groups in total. The number of halogens is 2. The van der Waals surface area contributed by atoms with E-state index in [-0.39, 0.29) is 16.4 Å². The molecule has 0 amide bonds. The number of ketones is 1. The molecule has 0 aliphatic rings. The minimum atomic E-state index is -0.577. The molecule has 0 aromatic heterocycles. The summed E-state index contributed by atoms with van der Waals surface area (Å²) in [5.74, 6) is -0.839.